The van der Waals surface area contributed by atoms with Gasteiger partial charge in [-0.3, -0.25) is 4.57 Å². The molecule has 0 unspecified atom stereocenters. The van der Waals surface area contributed by atoms with Crippen LogP contribution in [0.2, 0.25) is 0 Å². The van der Waals surface area contributed by atoms with E-state index in [0.717, 1.165) is 16.8 Å². The highest BCUT2D eigenvalue weighted by Crippen LogP contribution is 2.37. The summed E-state index contributed by atoms with van der Waals surface area (Å²) in [6.07, 6.45) is 1.50. The molecule has 1 aromatic heterocycles. The Morgan fingerprint density at radius 3 is 2.82 bits per heavy atom. The molecular weight excluding hydrogens is 214 g/mol. The Hall–Kier alpha value is -2.00. The quantitative estimate of drug-likeness (QED) is 0.856. The smallest absolute Gasteiger partial charge is 0.194 e. The third-order valence-electron chi connectivity index (χ3n) is 3.07. The average molecular weight is 227 g/mol. The van der Waals surface area contributed by atoms with Gasteiger partial charge in [-0.1, -0.05) is 43.0 Å². The summed E-state index contributed by atoms with van der Waals surface area (Å²) >= 11 is 0. The first-order chi connectivity index (χ1) is 8.31. The average Bonchev–Trinajstić information content (AvgIpc) is 2.92. The first kappa shape index (κ1) is 10.2. The van der Waals surface area contributed by atoms with E-state index in [0.29, 0.717) is 6.61 Å². The maximum atomic E-state index is 9.95. The van der Waals surface area contributed by atoms with Crippen molar-refractivity contribution in [1.82, 2.24) is 4.57 Å². The molecule has 1 N–H and O–H groups in total. The van der Waals surface area contributed by atoms with Crippen molar-refractivity contribution in [3.8, 4) is 5.88 Å². The molecule has 1 aliphatic heterocycles. The van der Waals surface area contributed by atoms with E-state index in [2.05, 4.69) is 6.58 Å². The number of benzene rings is 1. The minimum atomic E-state index is -0.236. The van der Waals surface area contributed by atoms with Gasteiger partial charge in [0.25, 0.3) is 0 Å². The monoisotopic (exact) mass is 227 g/mol. The molecular formula is C14H13NO2. The van der Waals surface area contributed by atoms with Crippen LogP contribution in [0.4, 0.5) is 0 Å². The Labute approximate surface area is 99.6 Å². The zero-order valence-electron chi connectivity index (χ0n) is 9.34. The number of aromatic hydroxyl groups is 1. The largest absolute Gasteiger partial charge is 0.494 e. The van der Waals surface area contributed by atoms with Gasteiger partial charge in [0.05, 0.1) is 12.3 Å². The third-order valence-corrected chi connectivity index (χ3v) is 3.07. The summed E-state index contributed by atoms with van der Waals surface area (Å²) in [4.78, 5) is 0. The number of hydrogen-bond acceptors (Lipinski definition) is 2. The predicted octanol–water partition coefficient (Wildman–Crippen LogP) is 2.91. The van der Waals surface area contributed by atoms with Gasteiger partial charge in [-0.25, -0.2) is 0 Å². The maximum absolute atomic E-state index is 9.95. The van der Waals surface area contributed by atoms with E-state index in [9.17, 15) is 5.11 Å². The highest BCUT2D eigenvalue weighted by Gasteiger charge is 2.28. The van der Waals surface area contributed by atoms with Gasteiger partial charge in [-0.2, -0.15) is 0 Å². The molecule has 3 heteroatoms. The maximum Gasteiger partial charge on any atom is 0.194 e. The van der Waals surface area contributed by atoms with Crippen LogP contribution in [0, 0.1) is 0 Å². The van der Waals surface area contributed by atoms with Crippen molar-refractivity contribution in [2.45, 2.75) is 12.8 Å². The van der Waals surface area contributed by atoms with Crippen molar-refractivity contribution >= 4 is 6.08 Å². The Kier molecular flexibility index (Phi) is 2.27. The molecule has 17 heavy (non-hydrogen) atoms. The first-order valence-corrected chi connectivity index (χ1v) is 5.53. The Bertz CT molecular complexity index is 557. The minimum absolute atomic E-state index is 0.223. The summed E-state index contributed by atoms with van der Waals surface area (Å²) in [6.45, 7) is 4.24. The van der Waals surface area contributed by atoms with Crippen LogP contribution < -0.4 is 0 Å². The van der Waals surface area contributed by atoms with Gasteiger partial charge in [0, 0.05) is 17.2 Å². The molecule has 0 bridgehead atoms. The summed E-state index contributed by atoms with van der Waals surface area (Å²) in [7, 11) is 0. The number of aromatic nitrogens is 1. The van der Waals surface area contributed by atoms with Crippen molar-refractivity contribution in [3.63, 3.8) is 0 Å². The fourth-order valence-corrected chi connectivity index (χ4v) is 2.26. The molecule has 1 aromatic carbocycles. The van der Waals surface area contributed by atoms with Gasteiger partial charge < -0.3 is 9.84 Å². The van der Waals surface area contributed by atoms with Crippen molar-refractivity contribution in [2.24, 2.45) is 0 Å². The van der Waals surface area contributed by atoms with Crippen LogP contribution in [-0.2, 0) is 11.3 Å². The predicted molar refractivity (Wildman–Crippen MR) is 65.6 cm³/mol. The molecule has 86 valence electrons. The van der Waals surface area contributed by atoms with E-state index in [4.69, 9.17) is 4.74 Å². The van der Waals surface area contributed by atoms with Crippen LogP contribution in [0.3, 0.4) is 0 Å². The molecule has 0 saturated heterocycles. The molecule has 2 heterocycles. The molecule has 0 aliphatic carbocycles. The molecule has 0 amide bonds. The molecule has 0 saturated carbocycles. The van der Waals surface area contributed by atoms with E-state index >= 15 is 0 Å². The standard InChI is InChI=1S/C14H13NO2/c1-2-10-8-13(16)15-12(10)9-17-14(15)11-6-4-3-5-7-11/h2-8,14,16H,1,9H2/t14-/m0/s1. The van der Waals surface area contributed by atoms with E-state index in [-0.39, 0.29) is 12.1 Å². The summed E-state index contributed by atoms with van der Waals surface area (Å²) < 4.78 is 7.54. The molecule has 3 rings (SSSR count). The van der Waals surface area contributed by atoms with Crippen molar-refractivity contribution < 1.29 is 9.84 Å². The van der Waals surface area contributed by atoms with Crippen molar-refractivity contribution in [2.75, 3.05) is 0 Å². The topological polar surface area (TPSA) is 34.4 Å². The van der Waals surface area contributed by atoms with Crippen molar-refractivity contribution in [3.05, 3.63) is 59.8 Å². The summed E-state index contributed by atoms with van der Waals surface area (Å²) in [5.74, 6) is 0.223. The molecule has 1 aliphatic rings. The number of nitrogens with zero attached hydrogens (tertiary/aromatic N) is 1. The molecule has 3 nitrogen and oxygen atoms in total. The van der Waals surface area contributed by atoms with Gasteiger partial charge in [0.15, 0.2) is 12.1 Å². The van der Waals surface area contributed by atoms with E-state index in [1.54, 1.807) is 12.1 Å². The van der Waals surface area contributed by atoms with Crippen LogP contribution in [0.1, 0.15) is 23.0 Å². The number of hydrogen-bond donors (Lipinski definition) is 1. The lowest BCUT2D eigenvalue weighted by molar-refractivity contribution is 0.0591. The highest BCUT2D eigenvalue weighted by molar-refractivity contribution is 5.54. The van der Waals surface area contributed by atoms with Crippen LogP contribution in [0.15, 0.2) is 43.0 Å². The number of ether oxygens (including phenoxy) is 1. The SMILES string of the molecule is C=Cc1cc(O)n2c1CO[C@H]2c1ccccc1. The summed E-state index contributed by atoms with van der Waals surface area (Å²) in [5.41, 5.74) is 2.94. The van der Waals surface area contributed by atoms with Gasteiger partial charge >= 0.3 is 0 Å². The van der Waals surface area contributed by atoms with Crippen LogP contribution in [-0.4, -0.2) is 9.67 Å². The third kappa shape index (κ3) is 1.47. The van der Waals surface area contributed by atoms with Gasteiger partial charge in [-0.05, 0) is 0 Å². The van der Waals surface area contributed by atoms with E-state index in [1.165, 1.54) is 0 Å². The Morgan fingerprint density at radius 1 is 1.35 bits per heavy atom. The second-order valence-corrected chi connectivity index (χ2v) is 4.05. The fraction of sp³-hybridized carbons (Fsp3) is 0.143. The zero-order chi connectivity index (χ0) is 11.8. The first-order valence-electron chi connectivity index (χ1n) is 5.53. The van der Waals surface area contributed by atoms with Gasteiger partial charge in [0.2, 0.25) is 0 Å². The Balaban J connectivity index is 2.10. The normalized spacial score (nSPS) is 18.0. The molecule has 0 radical (unpaired) electrons. The summed E-state index contributed by atoms with van der Waals surface area (Å²) in [5, 5.41) is 9.95. The van der Waals surface area contributed by atoms with Crippen molar-refractivity contribution in [1.29, 1.82) is 0 Å². The lowest BCUT2D eigenvalue weighted by Gasteiger charge is -2.13. The van der Waals surface area contributed by atoms with Crippen LogP contribution >= 0.6 is 0 Å². The van der Waals surface area contributed by atoms with E-state index in [1.807, 2.05) is 34.9 Å². The number of rotatable bonds is 2. The minimum Gasteiger partial charge on any atom is -0.494 e. The zero-order valence-corrected chi connectivity index (χ0v) is 9.34. The molecule has 0 spiro atoms. The van der Waals surface area contributed by atoms with Gasteiger partial charge in [-0.15, -0.1) is 0 Å². The lowest BCUT2D eigenvalue weighted by atomic mass is 10.2. The highest BCUT2D eigenvalue weighted by atomic mass is 16.5. The second-order valence-electron chi connectivity index (χ2n) is 4.05. The fourth-order valence-electron chi connectivity index (χ4n) is 2.26. The molecule has 1 atom stereocenters. The van der Waals surface area contributed by atoms with Gasteiger partial charge in [0.1, 0.15) is 0 Å². The lowest BCUT2D eigenvalue weighted by Crippen LogP contribution is -2.06. The second kappa shape index (κ2) is 3.79. The Morgan fingerprint density at radius 2 is 2.12 bits per heavy atom. The van der Waals surface area contributed by atoms with Crippen LogP contribution in [0.5, 0.6) is 5.88 Å². The molecule has 0 fully saturated rings. The van der Waals surface area contributed by atoms with E-state index < -0.39 is 0 Å². The summed E-state index contributed by atoms with van der Waals surface area (Å²) in [6, 6.07) is 11.6. The number of fused-ring (bicyclic) bond motifs is 1. The molecule has 2 aromatic rings. The van der Waals surface area contributed by atoms with Crippen LogP contribution in [0.25, 0.3) is 6.08 Å².